The zero-order valence-corrected chi connectivity index (χ0v) is 13.4. The minimum absolute atomic E-state index is 0.358. The zero-order valence-electron chi connectivity index (χ0n) is 13.4. The first-order valence-corrected chi connectivity index (χ1v) is 8.03. The van der Waals surface area contributed by atoms with Gasteiger partial charge in [-0.05, 0) is 17.7 Å². The SMILES string of the molecule is O[C@@H](CNc1cc(-c2ccccc2)nc2ccnn12)c1ccncc1. The number of pyridine rings is 1. The van der Waals surface area contributed by atoms with Crippen LogP contribution in [0.15, 0.2) is 73.2 Å². The molecular weight excluding hydrogens is 314 g/mol. The standard InChI is InChI=1S/C19H17N5O/c25-17(15-6-9-20-10-7-15)13-21-19-12-16(14-4-2-1-3-5-14)23-18-8-11-22-24(18)19/h1-12,17,21,25H,13H2/t17-/m0/s1. The third-order valence-electron chi connectivity index (χ3n) is 4.00. The molecule has 0 spiro atoms. The molecular formula is C19H17N5O. The summed E-state index contributed by atoms with van der Waals surface area (Å²) < 4.78 is 1.73. The van der Waals surface area contributed by atoms with Gasteiger partial charge in [0.25, 0.3) is 0 Å². The molecule has 25 heavy (non-hydrogen) atoms. The Morgan fingerprint density at radius 3 is 2.60 bits per heavy atom. The second-order valence-electron chi connectivity index (χ2n) is 5.67. The maximum absolute atomic E-state index is 10.4. The molecule has 0 unspecified atom stereocenters. The van der Waals surface area contributed by atoms with Gasteiger partial charge in [-0.15, -0.1) is 0 Å². The molecule has 1 aromatic carbocycles. The van der Waals surface area contributed by atoms with E-state index in [1.165, 1.54) is 0 Å². The van der Waals surface area contributed by atoms with Gasteiger partial charge in [0.15, 0.2) is 5.65 Å². The maximum atomic E-state index is 10.4. The Bertz CT molecular complexity index is 969. The molecule has 3 heterocycles. The quantitative estimate of drug-likeness (QED) is 0.588. The first kappa shape index (κ1) is 15.3. The van der Waals surface area contributed by atoms with E-state index in [0.29, 0.717) is 6.54 Å². The van der Waals surface area contributed by atoms with E-state index in [0.717, 1.165) is 28.3 Å². The Hall–Kier alpha value is -3.25. The molecule has 0 aliphatic heterocycles. The number of nitrogens with one attached hydrogen (secondary N) is 1. The Balaban J connectivity index is 1.63. The maximum Gasteiger partial charge on any atom is 0.157 e. The molecule has 0 radical (unpaired) electrons. The van der Waals surface area contributed by atoms with Crippen molar-refractivity contribution in [3.05, 3.63) is 78.8 Å². The van der Waals surface area contributed by atoms with Crippen LogP contribution in [0.25, 0.3) is 16.9 Å². The summed E-state index contributed by atoms with van der Waals surface area (Å²) in [7, 11) is 0. The second kappa shape index (κ2) is 6.70. The van der Waals surface area contributed by atoms with E-state index in [1.54, 1.807) is 35.2 Å². The van der Waals surface area contributed by atoms with Gasteiger partial charge in [0.05, 0.1) is 18.0 Å². The molecule has 4 rings (SSSR count). The number of aromatic nitrogens is 4. The topological polar surface area (TPSA) is 75.3 Å². The van der Waals surface area contributed by atoms with Crippen molar-refractivity contribution in [1.29, 1.82) is 0 Å². The lowest BCUT2D eigenvalue weighted by Gasteiger charge is -2.14. The van der Waals surface area contributed by atoms with E-state index < -0.39 is 6.10 Å². The van der Waals surface area contributed by atoms with Gasteiger partial charge in [0.2, 0.25) is 0 Å². The van der Waals surface area contributed by atoms with Gasteiger partial charge in [-0.25, -0.2) is 4.98 Å². The van der Waals surface area contributed by atoms with Gasteiger partial charge < -0.3 is 10.4 Å². The molecule has 2 N–H and O–H groups in total. The largest absolute Gasteiger partial charge is 0.387 e. The van der Waals surface area contributed by atoms with Gasteiger partial charge in [-0.2, -0.15) is 9.61 Å². The van der Waals surface area contributed by atoms with E-state index in [9.17, 15) is 5.11 Å². The molecule has 124 valence electrons. The average Bonchev–Trinajstić information content (AvgIpc) is 3.16. The molecule has 3 aromatic heterocycles. The van der Waals surface area contributed by atoms with Crippen molar-refractivity contribution in [2.75, 3.05) is 11.9 Å². The fourth-order valence-corrected chi connectivity index (χ4v) is 2.70. The van der Waals surface area contributed by atoms with Crippen molar-refractivity contribution < 1.29 is 5.11 Å². The lowest BCUT2D eigenvalue weighted by Crippen LogP contribution is -2.15. The number of hydrogen-bond acceptors (Lipinski definition) is 5. The summed E-state index contributed by atoms with van der Waals surface area (Å²) >= 11 is 0. The van der Waals surface area contributed by atoms with Crippen LogP contribution in [0.5, 0.6) is 0 Å². The van der Waals surface area contributed by atoms with Gasteiger partial charge in [0.1, 0.15) is 5.82 Å². The first-order chi connectivity index (χ1) is 12.3. The number of aliphatic hydroxyl groups excluding tert-OH is 1. The summed E-state index contributed by atoms with van der Waals surface area (Å²) in [4.78, 5) is 8.61. The van der Waals surface area contributed by atoms with Crippen molar-refractivity contribution in [3.63, 3.8) is 0 Å². The molecule has 6 heteroatoms. The van der Waals surface area contributed by atoms with Crippen molar-refractivity contribution >= 4 is 11.5 Å². The molecule has 0 aliphatic carbocycles. The third-order valence-corrected chi connectivity index (χ3v) is 4.00. The highest BCUT2D eigenvalue weighted by atomic mass is 16.3. The smallest absolute Gasteiger partial charge is 0.157 e. The predicted octanol–water partition coefficient (Wildman–Crippen LogP) is 2.94. The molecule has 0 saturated carbocycles. The van der Waals surface area contributed by atoms with Crippen LogP contribution in [-0.2, 0) is 0 Å². The van der Waals surface area contributed by atoms with Crippen LogP contribution < -0.4 is 5.32 Å². The summed E-state index contributed by atoms with van der Waals surface area (Å²) in [5.41, 5.74) is 3.46. The summed E-state index contributed by atoms with van der Waals surface area (Å²) in [6, 6.07) is 17.4. The van der Waals surface area contributed by atoms with E-state index >= 15 is 0 Å². The van der Waals surface area contributed by atoms with Crippen LogP contribution in [0.4, 0.5) is 5.82 Å². The molecule has 0 saturated heterocycles. The van der Waals surface area contributed by atoms with Gasteiger partial charge in [-0.3, -0.25) is 4.98 Å². The average molecular weight is 331 g/mol. The first-order valence-electron chi connectivity index (χ1n) is 8.03. The Kier molecular flexibility index (Phi) is 4.10. The molecule has 0 fully saturated rings. The lowest BCUT2D eigenvalue weighted by molar-refractivity contribution is 0.191. The second-order valence-corrected chi connectivity index (χ2v) is 5.67. The predicted molar refractivity (Wildman–Crippen MR) is 96.1 cm³/mol. The fraction of sp³-hybridized carbons (Fsp3) is 0.105. The van der Waals surface area contributed by atoms with Crippen LogP contribution in [0, 0.1) is 0 Å². The molecule has 0 amide bonds. The van der Waals surface area contributed by atoms with E-state index in [4.69, 9.17) is 0 Å². The normalized spacial score (nSPS) is 12.2. The lowest BCUT2D eigenvalue weighted by atomic mass is 10.1. The summed E-state index contributed by atoms with van der Waals surface area (Å²) in [5.74, 6) is 0.780. The van der Waals surface area contributed by atoms with Crippen molar-refractivity contribution in [2.24, 2.45) is 0 Å². The molecule has 0 bridgehead atoms. The molecule has 0 aliphatic rings. The number of hydrogen-bond donors (Lipinski definition) is 2. The summed E-state index contributed by atoms with van der Waals surface area (Å²) in [6.45, 7) is 0.358. The van der Waals surface area contributed by atoms with E-state index in [2.05, 4.69) is 20.4 Å². The molecule has 6 nitrogen and oxygen atoms in total. The van der Waals surface area contributed by atoms with Crippen molar-refractivity contribution in [2.45, 2.75) is 6.10 Å². The third kappa shape index (κ3) is 3.20. The van der Waals surface area contributed by atoms with Crippen molar-refractivity contribution in [1.82, 2.24) is 19.6 Å². The monoisotopic (exact) mass is 331 g/mol. The minimum atomic E-state index is -0.637. The molecule has 1 atom stereocenters. The van der Waals surface area contributed by atoms with Crippen molar-refractivity contribution in [3.8, 4) is 11.3 Å². The van der Waals surface area contributed by atoms with Crippen LogP contribution in [-0.4, -0.2) is 31.2 Å². The summed E-state index contributed by atoms with van der Waals surface area (Å²) in [5, 5.41) is 17.9. The van der Waals surface area contributed by atoms with Gasteiger partial charge in [0, 0.05) is 36.6 Å². The number of aliphatic hydroxyl groups is 1. The van der Waals surface area contributed by atoms with Gasteiger partial charge in [-0.1, -0.05) is 30.3 Å². The van der Waals surface area contributed by atoms with Gasteiger partial charge >= 0.3 is 0 Å². The number of benzene rings is 1. The van der Waals surface area contributed by atoms with Crippen LogP contribution in [0.3, 0.4) is 0 Å². The Labute approximate surface area is 144 Å². The molecule has 4 aromatic rings. The number of nitrogens with zero attached hydrogens (tertiary/aromatic N) is 4. The highest BCUT2D eigenvalue weighted by Gasteiger charge is 2.11. The van der Waals surface area contributed by atoms with E-state index in [1.807, 2.05) is 42.5 Å². The van der Waals surface area contributed by atoms with Crippen LogP contribution in [0.1, 0.15) is 11.7 Å². The fourth-order valence-electron chi connectivity index (χ4n) is 2.70. The Morgan fingerprint density at radius 2 is 1.80 bits per heavy atom. The van der Waals surface area contributed by atoms with E-state index in [-0.39, 0.29) is 0 Å². The number of anilines is 1. The summed E-state index contributed by atoms with van der Waals surface area (Å²) in [6.07, 6.45) is 4.41. The Morgan fingerprint density at radius 1 is 1.00 bits per heavy atom. The minimum Gasteiger partial charge on any atom is -0.387 e. The number of fused-ring (bicyclic) bond motifs is 1. The number of rotatable bonds is 5. The zero-order chi connectivity index (χ0) is 17.1. The van der Waals surface area contributed by atoms with Crippen LogP contribution in [0.2, 0.25) is 0 Å². The highest BCUT2D eigenvalue weighted by Crippen LogP contribution is 2.22. The van der Waals surface area contributed by atoms with Crippen LogP contribution >= 0.6 is 0 Å². The highest BCUT2D eigenvalue weighted by molar-refractivity contribution is 5.66.